The number of carbonyl (C=O) groups excluding carboxylic acids is 1. The first-order valence-corrected chi connectivity index (χ1v) is 8.82. The van der Waals surface area contributed by atoms with Gasteiger partial charge in [-0.25, -0.2) is 0 Å². The third-order valence-corrected chi connectivity index (χ3v) is 5.04. The van der Waals surface area contributed by atoms with Crippen molar-refractivity contribution >= 4 is 5.91 Å². The topological polar surface area (TPSA) is 81.9 Å². The van der Waals surface area contributed by atoms with E-state index in [9.17, 15) is 4.79 Å². The van der Waals surface area contributed by atoms with Crippen LogP contribution in [0.2, 0.25) is 0 Å². The smallest absolute Gasteiger partial charge is 0.220 e. The monoisotopic (exact) mass is 343 g/mol. The van der Waals surface area contributed by atoms with Crippen LogP contribution in [0.3, 0.4) is 0 Å². The second kappa shape index (κ2) is 7.21. The number of aromatic nitrogens is 4. The van der Waals surface area contributed by atoms with Crippen LogP contribution in [-0.2, 0) is 10.3 Å². The van der Waals surface area contributed by atoms with Crippen LogP contribution >= 0.6 is 0 Å². The minimum absolute atomic E-state index is 0.0267. The maximum Gasteiger partial charge on any atom is 0.220 e. The second-order valence-corrected chi connectivity index (χ2v) is 6.78. The van der Waals surface area contributed by atoms with Gasteiger partial charge < -0.3 is 10.1 Å². The number of nitrogens with one attached hydrogen (secondary N) is 1. The predicted molar refractivity (Wildman–Crippen MR) is 93.4 cm³/mol. The number of tetrazole rings is 1. The Balaban J connectivity index is 1.99. The van der Waals surface area contributed by atoms with E-state index in [0.29, 0.717) is 18.2 Å². The van der Waals surface area contributed by atoms with Crippen molar-refractivity contribution in [2.75, 3.05) is 7.11 Å². The zero-order valence-electron chi connectivity index (χ0n) is 15.0. The Morgan fingerprint density at radius 3 is 2.60 bits per heavy atom. The molecular formula is C18H25N5O2. The number of nitrogens with zero attached hydrogens (tertiary/aromatic N) is 4. The number of hydrogen-bond donors (Lipinski definition) is 1. The number of ether oxygens (including phenoxy) is 1. The summed E-state index contributed by atoms with van der Waals surface area (Å²) in [5, 5.41) is 15.6. The van der Waals surface area contributed by atoms with E-state index in [2.05, 4.69) is 27.8 Å². The third-order valence-electron chi connectivity index (χ3n) is 5.04. The standard InChI is InChI=1S/C18H25N5O2/c1-4-16(24)19-18(11-9-13(2)10-12-18)17-20-21-22-23(17)14-5-7-15(25-3)8-6-14/h5-8,13H,4,9-12H2,1-3H3,(H,19,24). The van der Waals surface area contributed by atoms with Crippen molar-refractivity contribution < 1.29 is 9.53 Å². The van der Waals surface area contributed by atoms with Crippen molar-refractivity contribution in [2.45, 2.75) is 51.5 Å². The molecule has 0 spiro atoms. The first kappa shape index (κ1) is 17.4. The molecule has 1 amide bonds. The molecule has 0 atom stereocenters. The van der Waals surface area contributed by atoms with Crippen molar-refractivity contribution in [3.8, 4) is 11.4 Å². The first-order chi connectivity index (χ1) is 12.1. The Bertz CT molecular complexity index is 717. The molecule has 0 aliphatic heterocycles. The molecular weight excluding hydrogens is 318 g/mol. The van der Waals surface area contributed by atoms with E-state index in [1.807, 2.05) is 31.2 Å². The van der Waals surface area contributed by atoms with E-state index >= 15 is 0 Å². The molecule has 3 rings (SSSR count). The van der Waals surface area contributed by atoms with Gasteiger partial charge in [0.2, 0.25) is 5.91 Å². The van der Waals surface area contributed by atoms with Crippen molar-refractivity contribution in [3.05, 3.63) is 30.1 Å². The van der Waals surface area contributed by atoms with Crippen LogP contribution in [-0.4, -0.2) is 33.2 Å². The third kappa shape index (κ3) is 3.50. The number of amides is 1. The van der Waals surface area contributed by atoms with E-state index < -0.39 is 5.54 Å². The summed E-state index contributed by atoms with van der Waals surface area (Å²) in [6.45, 7) is 4.11. The van der Waals surface area contributed by atoms with Gasteiger partial charge in [-0.15, -0.1) is 5.10 Å². The van der Waals surface area contributed by atoms with Gasteiger partial charge in [-0.2, -0.15) is 4.68 Å². The zero-order chi connectivity index (χ0) is 17.9. The van der Waals surface area contributed by atoms with Crippen LogP contribution in [0.15, 0.2) is 24.3 Å². The number of carbonyl (C=O) groups is 1. The fraction of sp³-hybridized carbons (Fsp3) is 0.556. The van der Waals surface area contributed by atoms with Crippen LogP contribution in [0.5, 0.6) is 5.75 Å². The van der Waals surface area contributed by atoms with Gasteiger partial charge in [0.15, 0.2) is 5.82 Å². The van der Waals surface area contributed by atoms with E-state index in [0.717, 1.165) is 37.1 Å². The summed E-state index contributed by atoms with van der Waals surface area (Å²) in [5.74, 6) is 2.15. The lowest BCUT2D eigenvalue weighted by Gasteiger charge is -2.38. The van der Waals surface area contributed by atoms with Crippen LogP contribution in [0.1, 0.15) is 51.8 Å². The second-order valence-electron chi connectivity index (χ2n) is 6.78. The summed E-state index contributed by atoms with van der Waals surface area (Å²) in [6.07, 6.45) is 4.22. The first-order valence-electron chi connectivity index (χ1n) is 8.82. The average Bonchev–Trinajstić information content (AvgIpc) is 3.14. The number of hydrogen-bond acceptors (Lipinski definition) is 5. The molecule has 1 aromatic carbocycles. The normalized spacial score (nSPS) is 23.2. The lowest BCUT2D eigenvalue weighted by molar-refractivity contribution is -0.123. The molecule has 25 heavy (non-hydrogen) atoms. The number of rotatable bonds is 5. The van der Waals surface area contributed by atoms with Gasteiger partial charge in [0, 0.05) is 6.42 Å². The lowest BCUT2D eigenvalue weighted by Crippen LogP contribution is -2.49. The molecule has 1 aliphatic rings. The molecule has 7 heteroatoms. The van der Waals surface area contributed by atoms with E-state index in [4.69, 9.17) is 4.74 Å². The van der Waals surface area contributed by atoms with Gasteiger partial charge in [-0.3, -0.25) is 4.79 Å². The molecule has 0 saturated heterocycles. The fourth-order valence-electron chi connectivity index (χ4n) is 3.40. The Labute approximate surface area is 147 Å². The summed E-state index contributed by atoms with van der Waals surface area (Å²) in [6, 6.07) is 7.58. The SMILES string of the molecule is CCC(=O)NC1(c2nnnn2-c2ccc(OC)cc2)CCC(C)CC1. The highest BCUT2D eigenvalue weighted by atomic mass is 16.5. The van der Waals surface area contributed by atoms with Crippen LogP contribution in [0.25, 0.3) is 5.69 Å². The molecule has 7 nitrogen and oxygen atoms in total. The molecule has 1 fully saturated rings. The molecule has 1 N–H and O–H groups in total. The van der Waals surface area contributed by atoms with Crippen molar-refractivity contribution in [1.82, 2.24) is 25.5 Å². The van der Waals surface area contributed by atoms with E-state index in [1.165, 1.54) is 0 Å². The average molecular weight is 343 g/mol. The summed E-state index contributed by atoms with van der Waals surface area (Å²) >= 11 is 0. The van der Waals surface area contributed by atoms with Crippen LogP contribution in [0.4, 0.5) is 0 Å². The van der Waals surface area contributed by atoms with Crippen molar-refractivity contribution in [1.29, 1.82) is 0 Å². The highest BCUT2D eigenvalue weighted by Crippen LogP contribution is 2.39. The zero-order valence-corrected chi connectivity index (χ0v) is 15.0. The molecule has 1 aromatic heterocycles. The molecule has 134 valence electrons. The number of methoxy groups -OCH3 is 1. The molecule has 0 radical (unpaired) electrons. The largest absolute Gasteiger partial charge is 0.497 e. The summed E-state index contributed by atoms with van der Waals surface area (Å²) < 4.78 is 6.94. The van der Waals surface area contributed by atoms with Gasteiger partial charge in [-0.1, -0.05) is 13.8 Å². The molecule has 1 aliphatic carbocycles. The summed E-state index contributed by atoms with van der Waals surface area (Å²) in [7, 11) is 1.63. The molecule has 2 aromatic rings. The van der Waals surface area contributed by atoms with Crippen molar-refractivity contribution in [3.63, 3.8) is 0 Å². The quantitative estimate of drug-likeness (QED) is 0.902. The van der Waals surface area contributed by atoms with E-state index in [1.54, 1.807) is 11.8 Å². The van der Waals surface area contributed by atoms with Gasteiger partial charge in [0.05, 0.1) is 12.8 Å². The summed E-state index contributed by atoms with van der Waals surface area (Å²) in [4.78, 5) is 12.2. The molecule has 0 unspecified atom stereocenters. The van der Waals surface area contributed by atoms with Crippen LogP contribution < -0.4 is 10.1 Å². The van der Waals surface area contributed by atoms with E-state index in [-0.39, 0.29) is 5.91 Å². The molecule has 0 bridgehead atoms. The van der Waals surface area contributed by atoms with Crippen molar-refractivity contribution in [2.24, 2.45) is 5.92 Å². The highest BCUT2D eigenvalue weighted by molar-refractivity contribution is 5.76. The Kier molecular flexibility index (Phi) is 5.01. The Morgan fingerprint density at radius 2 is 2.00 bits per heavy atom. The highest BCUT2D eigenvalue weighted by Gasteiger charge is 2.41. The maximum atomic E-state index is 12.2. The van der Waals surface area contributed by atoms with Gasteiger partial charge in [0.25, 0.3) is 0 Å². The lowest BCUT2D eigenvalue weighted by atomic mass is 9.76. The fourth-order valence-corrected chi connectivity index (χ4v) is 3.40. The Hall–Kier alpha value is -2.44. The molecule has 1 heterocycles. The van der Waals surface area contributed by atoms with Crippen LogP contribution in [0, 0.1) is 5.92 Å². The van der Waals surface area contributed by atoms with Gasteiger partial charge in [-0.05, 0) is 66.3 Å². The Morgan fingerprint density at radius 1 is 1.32 bits per heavy atom. The minimum atomic E-state index is -0.511. The minimum Gasteiger partial charge on any atom is -0.497 e. The predicted octanol–water partition coefficient (Wildman–Crippen LogP) is 2.60. The maximum absolute atomic E-state index is 12.2. The number of benzene rings is 1. The molecule has 1 saturated carbocycles. The van der Waals surface area contributed by atoms with Gasteiger partial charge in [0.1, 0.15) is 11.3 Å². The van der Waals surface area contributed by atoms with Gasteiger partial charge >= 0.3 is 0 Å². The summed E-state index contributed by atoms with van der Waals surface area (Å²) in [5.41, 5.74) is 0.341.